The van der Waals surface area contributed by atoms with E-state index in [0.29, 0.717) is 17.8 Å². The molecule has 2 heterocycles. The summed E-state index contributed by atoms with van der Waals surface area (Å²) in [5.41, 5.74) is 6.77. The Morgan fingerprint density at radius 2 is 1.77 bits per heavy atom. The first-order chi connectivity index (χ1) is 18.9. The predicted octanol–water partition coefficient (Wildman–Crippen LogP) is 3.43. The van der Waals surface area contributed by atoms with Crippen molar-refractivity contribution in [2.24, 2.45) is 11.1 Å². The van der Waals surface area contributed by atoms with Crippen molar-refractivity contribution in [3.63, 3.8) is 0 Å². The molecule has 0 saturated carbocycles. The summed E-state index contributed by atoms with van der Waals surface area (Å²) >= 11 is 0. The minimum atomic E-state index is -1.17. The lowest BCUT2D eigenvalue weighted by Crippen LogP contribution is -2.52. The highest BCUT2D eigenvalue weighted by Crippen LogP contribution is 2.32. The standard InChI is InChI=1S/C30H32FN5O4/c1-30(2,3)18-36-24-11-7-5-9-21(24)17-35(28(39)19-12-13-33-23(14-19)27(32)38)25(29(36)40)15-26(37)34-16-20-8-4-6-10-22(20)31/h4-14,25H,15-18H2,1-3H3,(H2,32,38)(H,34,37). The molecule has 3 N–H and O–H groups in total. The molecule has 1 atom stereocenters. The van der Waals surface area contributed by atoms with Gasteiger partial charge in [-0.15, -0.1) is 0 Å². The molecule has 208 valence electrons. The summed E-state index contributed by atoms with van der Waals surface area (Å²) in [5.74, 6) is -2.75. The summed E-state index contributed by atoms with van der Waals surface area (Å²) in [4.78, 5) is 59.8. The van der Waals surface area contributed by atoms with Crippen LogP contribution in [0.5, 0.6) is 0 Å². The van der Waals surface area contributed by atoms with E-state index in [1.54, 1.807) is 23.1 Å². The van der Waals surface area contributed by atoms with Crippen LogP contribution in [0.15, 0.2) is 66.9 Å². The molecule has 4 amide bonds. The van der Waals surface area contributed by atoms with Crippen molar-refractivity contribution in [3.8, 4) is 0 Å². The van der Waals surface area contributed by atoms with E-state index in [0.717, 1.165) is 5.56 Å². The van der Waals surface area contributed by atoms with Gasteiger partial charge in [0.1, 0.15) is 17.6 Å². The van der Waals surface area contributed by atoms with E-state index in [1.165, 1.54) is 29.3 Å². The molecule has 10 heteroatoms. The number of primary amides is 1. The molecule has 1 aliphatic rings. The van der Waals surface area contributed by atoms with Crippen molar-refractivity contribution >= 4 is 29.3 Å². The monoisotopic (exact) mass is 545 g/mol. The zero-order chi connectivity index (χ0) is 29.0. The van der Waals surface area contributed by atoms with Crippen molar-refractivity contribution in [3.05, 3.63) is 95.1 Å². The van der Waals surface area contributed by atoms with Gasteiger partial charge in [0.05, 0.1) is 6.42 Å². The lowest BCUT2D eigenvalue weighted by Gasteiger charge is -2.33. The number of fused-ring (bicyclic) bond motifs is 1. The lowest BCUT2D eigenvalue weighted by atomic mass is 9.95. The van der Waals surface area contributed by atoms with Gasteiger partial charge in [-0.05, 0) is 35.2 Å². The molecule has 3 aromatic rings. The highest BCUT2D eigenvalue weighted by Gasteiger charge is 2.40. The van der Waals surface area contributed by atoms with Crippen molar-refractivity contribution in [1.29, 1.82) is 0 Å². The second-order valence-corrected chi connectivity index (χ2v) is 10.9. The molecule has 0 spiro atoms. The number of para-hydroxylation sites is 1. The average molecular weight is 546 g/mol. The second kappa shape index (κ2) is 11.6. The number of carbonyl (C=O) groups is 4. The van der Waals surface area contributed by atoms with Crippen LogP contribution in [0, 0.1) is 11.2 Å². The van der Waals surface area contributed by atoms with Gasteiger partial charge in [-0.25, -0.2) is 4.39 Å². The third-order valence-corrected chi connectivity index (χ3v) is 6.52. The molecule has 0 radical (unpaired) electrons. The van der Waals surface area contributed by atoms with E-state index < -0.39 is 35.5 Å². The number of pyridine rings is 1. The van der Waals surface area contributed by atoms with Gasteiger partial charge in [-0.3, -0.25) is 24.2 Å². The molecule has 0 saturated heterocycles. The molecule has 9 nitrogen and oxygen atoms in total. The first-order valence-electron chi connectivity index (χ1n) is 12.9. The van der Waals surface area contributed by atoms with Crippen molar-refractivity contribution in [2.75, 3.05) is 11.4 Å². The number of hydrogen-bond donors (Lipinski definition) is 2. The van der Waals surface area contributed by atoms with E-state index in [1.807, 2.05) is 45.0 Å². The molecule has 0 bridgehead atoms. The van der Waals surface area contributed by atoms with Crippen LogP contribution >= 0.6 is 0 Å². The molecule has 2 aromatic carbocycles. The number of rotatable bonds is 7. The zero-order valence-corrected chi connectivity index (χ0v) is 22.7. The zero-order valence-electron chi connectivity index (χ0n) is 22.7. The number of nitrogens with two attached hydrogens (primary N) is 1. The number of halogens is 1. The van der Waals surface area contributed by atoms with E-state index in [4.69, 9.17) is 5.73 Å². The molecule has 1 aliphatic heterocycles. The lowest BCUT2D eigenvalue weighted by molar-refractivity contribution is -0.129. The SMILES string of the molecule is CC(C)(C)CN1C(=O)C(CC(=O)NCc2ccccc2F)N(C(=O)c2ccnc(C(N)=O)c2)Cc2ccccc21. The van der Waals surface area contributed by atoms with Crippen LogP contribution < -0.4 is 16.0 Å². The average Bonchev–Trinajstić information content (AvgIpc) is 3.02. The Morgan fingerprint density at radius 3 is 2.48 bits per heavy atom. The van der Waals surface area contributed by atoms with Gasteiger partial charge in [-0.2, -0.15) is 0 Å². The number of anilines is 1. The molecule has 0 fully saturated rings. The van der Waals surface area contributed by atoms with Gasteiger partial charge in [-0.1, -0.05) is 57.2 Å². The Morgan fingerprint density at radius 1 is 1.07 bits per heavy atom. The van der Waals surface area contributed by atoms with Crippen LogP contribution in [0.2, 0.25) is 0 Å². The van der Waals surface area contributed by atoms with Gasteiger partial charge in [0.25, 0.3) is 11.8 Å². The van der Waals surface area contributed by atoms with Crippen molar-refractivity contribution < 1.29 is 23.6 Å². The molecular weight excluding hydrogens is 513 g/mol. The number of benzene rings is 2. The van der Waals surface area contributed by atoms with Crippen LogP contribution in [0.1, 0.15) is 59.2 Å². The number of nitrogens with zero attached hydrogens (tertiary/aromatic N) is 3. The van der Waals surface area contributed by atoms with Crippen LogP contribution in [-0.4, -0.2) is 46.1 Å². The normalized spacial score (nSPS) is 15.3. The Kier molecular flexibility index (Phi) is 8.27. The summed E-state index contributed by atoms with van der Waals surface area (Å²) in [5, 5.41) is 2.68. The maximum Gasteiger partial charge on any atom is 0.267 e. The van der Waals surface area contributed by atoms with E-state index in [2.05, 4.69) is 10.3 Å². The van der Waals surface area contributed by atoms with Crippen molar-refractivity contribution in [2.45, 2.75) is 46.3 Å². The van der Waals surface area contributed by atoms with E-state index in [9.17, 15) is 23.6 Å². The van der Waals surface area contributed by atoms with Crippen molar-refractivity contribution in [1.82, 2.24) is 15.2 Å². The number of amides is 4. The Hall–Kier alpha value is -4.60. The minimum Gasteiger partial charge on any atom is -0.364 e. The fraction of sp³-hybridized carbons (Fsp3) is 0.300. The van der Waals surface area contributed by atoms with Crippen LogP contribution in [0.3, 0.4) is 0 Å². The highest BCUT2D eigenvalue weighted by atomic mass is 19.1. The van der Waals surface area contributed by atoms with Gasteiger partial charge >= 0.3 is 0 Å². The Labute approximate surface area is 232 Å². The maximum absolute atomic E-state index is 14.2. The fourth-order valence-corrected chi connectivity index (χ4v) is 4.63. The molecule has 40 heavy (non-hydrogen) atoms. The summed E-state index contributed by atoms with van der Waals surface area (Å²) in [7, 11) is 0. The predicted molar refractivity (Wildman–Crippen MR) is 148 cm³/mol. The number of hydrogen-bond acceptors (Lipinski definition) is 5. The van der Waals surface area contributed by atoms with Gasteiger partial charge in [0.15, 0.2) is 0 Å². The number of carbonyl (C=O) groups excluding carboxylic acids is 4. The van der Waals surface area contributed by atoms with Gasteiger partial charge < -0.3 is 20.9 Å². The molecule has 1 aromatic heterocycles. The third-order valence-electron chi connectivity index (χ3n) is 6.52. The smallest absolute Gasteiger partial charge is 0.267 e. The van der Waals surface area contributed by atoms with E-state index in [-0.39, 0.29) is 36.2 Å². The quantitative estimate of drug-likeness (QED) is 0.471. The summed E-state index contributed by atoms with van der Waals surface area (Å²) in [6.07, 6.45) is 0.949. The van der Waals surface area contributed by atoms with E-state index >= 15 is 0 Å². The van der Waals surface area contributed by atoms with Crippen LogP contribution in [0.25, 0.3) is 0 Å². The number of nitrogens with one attached hydrogen (secondary N) is 1. The molecule has 0 aliphatic carbocycles. The third kappa shape index (κ3) is 6.51. The Bertz CT molecular complexity index is 1450. The summed E-state index contributed by atoms with van der Waals surface area (Å²) in [6.45, 7) is 6.30. The molecular formula is C30H32FN5O4. The largest absolute Gasteiger partial charge is 0.364 e. The van der Waals surface area contributed by atoms with Gasteiger partial charge in [0, 0.05) is 42.6 Å². The first-order valence-corrected chi connectivity index (χ1v) is 12.9. The topological polar surface area (TPSA) is 126 Å². The number of aromatic nitrogens is 1. The summed E-state index contributed by atoms with van der Waals surface area (Å²) < 4.78 is 14.1. The van der Waals surface area contributed by atoms with Crippen LogP contribution in [-0.2, 0) is 22.7 Å². The first kappa shape index (κ1) is 28.4. The fourth-order valence-electron chi connectivity index (χ4n) is 4.63. The maximum atomic E-state index is 14.2. The molecule has 4 rings (SSSR count). The minimum absolute atomic E-state index is 0.0425. The van der Waals surface area contributed by atoms with Crippen LogP contribution in [0.4, 0.5) is 10.1 Å². The Balaban J connectivity index is 1.72. The second-order valence-electron chi connectivity index (χ2n) is 10.9. The highest BCUT2D eigenvalue weighted by molar-refractivity contribution is 6.06. The summed E-state index contributed by atoms with van der Waals surface area (Å²) in [6, 6.07) is 14.9. The van der Waals surface area contributed by atoms with Gasteiger partial charge in [0.2, 0.25) is 11.8 Å². The molecule has 1 unspecified atom stereocenters.